The van der Waals surface area contributed by atoms with Gasteiger partial charge in [0.05, 0.1) is 17.2 Å². The van der Waals surface area contributed by atoms with Crippen LogP contribution in [0.2, 0.25) is 0 Å². The van der Waals surface area contributed by atoms with Crippen LogP contribution < -0.4 is 11.1 Å². The number of nitrogens with zero attached hydrogens (tertiary/aromatic N) is 1. The molecule has 0 aliphatic carbocycles. The number of nitrogens with one attached hydrogen (secondary N) is 1. The van der Waals surface area contributed by atoms with Crippen molar-refractivity contribution in [2.24, 2.45) is 0 Å². The average Bonchev–Trinajstić information content (AvgIpc) is 2.29. The van der Waals surface area contributed by atoms with E-state index in [1.54, 1.807) is 0 Å². The van der Waals surface area contributed by atoms with E-state index in [9.17, 15) is 10.1 Å². The Labute approximate surface area is 98.0 Å². The summed E-state index contributed by atoms with van der Waals surface area (Å²) in [6.07, 6.45) is 0.185. The van der Waals surface area contributed by atoms with Crippen LogP contribution in [-0.2, 0) is 6.42 Å². The SMILES string of the molecule is Nc1ccc(CCO)c([N+](=O)[O-])c1NCCO. The summed E-state index contributed by atoms with van der Waals surface area (Å²) in [6, 6.07) is 3.06. The van der Waals surface area contributed by atoms with Crippen LogP contribution in [0, 0.1) is 10.1 Å². The van der Waals surface area contributed by atoms with Crippen molar-refractivity contribution in [3.05, 3.63) is 27.8 Å². The maximum Gasteiger partial charge on any atom is 0.297 e. The fourth-order valence-electron chi connectivity index (χ4n) is 1.55. The van der Waals surface area contributed by atoms with E-state index in [4.69, 9.17) is 15.9 Å². The number of hydrogen-bond donors (Lipinski definition) is 4. The molecule has 7 nitrogen and oxygen atoms in total. The molecule has 0 aliphatic heterocycles. The number of hydrogen-bond acceptors (Lipinski definition) is 6. The molecule has 1 rings (SSSR count). The zero-order valence-electron chi connectivity index (χ0n) is 9.22. The normalized spacial score (nSPS) is 10.2. The molecular formula is C10H15N3O4. The molecule has 0 radical (unpaired) electrons. The zero-order valence-corrected chi connectivity index (χ0v) is 9.22. The first-order valence-electron chi connectivity index (χ1n) is 5.13. The van der Waals surface area contributed by atoms with Crippen LogP contribution in [0.4, 0.5) is 17.1 Å². The van der Waals surface area contributed by atoms with Gasteiger partial charge in [0.1, 0.15) is 5.69 Å². The molecule has 0 amide bonds. The van der Waals surface area contributed by atoms with E-state index in [2.05, 4.69) is 5.32 Å². The van der Waals surface area contributed by atoms with Gasteiger partial charge in [0, 0.05) is 25.1 Å². The molecule has 17 heavy (non-hydrogen) atoms. The lowest BCUT2D eigenvalue weighted by molar-refractivity contribution is -0.384. The molecule has 7 heteroatoms. The minimum absolute atomic E-state index is 0.146. The molecule has 0 heterocycles. The van der Waals surface area contributed by atoms with Gasteiger partial charge in [-0.05, 0) is 12.1 Å². The molecule has 0 unspecified atom stereocenters. The van der Waals surface area contributed by atoms with Crippen LogP contribution in [0.5, 0.6) is 0 Å². The molecule has 5 N–H and O–H groups in total. The molecule has 94 valence electrons. The molecule has 1 aromatic carbocycles. The van der Waals surface area contributed by atoms with Crippen molar-refractivity contribution in [2.75, 3.05) is 30.8 Å². The third kappa shape index (κ3) is 3.05. The lowest BCUT2D eigenvalue weighted by Crippen LogP contribution is -2.11. The van der Waals surface area contributed by atoms with Crippen molar-refractivity contribution in [1.29, 1.82) is 0 Å². The topological polar surface area (TPSA) is 122 Å². The number of nitrogen functional groups attached to an aromatic ring is 1. The van der Waals surface area contributed by atoms with E-state index in [1.165, 1.54) is 12.1 Å². The molecule has 1 aromatic rings. The summed E-state index contributed by atoms with van der Waals surface area (Å²) in [7, 11) is 0. The van der Waals surface area contributed by atoms with Crippen LogP contribution >= 0.6 is 0 Å². The highest BCUT2D eigenvalue weighted by atomic mass is 16.6. The number of nitro groups is 1. The highest BCUT2D eigenvalue weighted by Crippen LogP contribution is 2.34. The second-order valence-corrected chi connectivity index (χ2v) is 3.42. The highest BCUT2D eigenvalue weighted by molar-refractivity contribution is 5.79. The van der Waals surface area contributed by atoms with E-state index in [-0.39, 0.29) is 43.2 Å². The van der Waals surface area contributed by atoms with Gasteiger partial charge in [0.25, 0.3) is 5.69 Å². The standard InChI is InChI=1S/C10H15N3O4/c11-8-2-1-7(3-5-14)10(13(16)17)9(8)12-4-6-15/h1-2,12,14-15H,3-6,11H2. The predicted molar refractivity (Wildman–Crippen MR) is 63.9 cm³/mol. The Morgan fingerprint density at radius 3 is 2.59 bits per heavy atom. The first-order valence-corrected chi connectivity index (χ1v) is 5.13. The molecule has 0 bridgehead atoms. The third-order valence-electron chi connectivity index (χ3n) is 2.27. The summed E-state index contributed by atoms with van der Waals surface area (Å²) in [5, 5.41) is 31.3. The van der Waals surface area contributed by atoms with Gasteiger partial charge in [-0.2, -0.15) is 0 Å². The Kier molecular flexibility index (Phi) is 4.68. The maximum atomic E-state index is 11.0. The Morgan fingerprint density at radius 1 is 1.35 bits per heavy atom. The second-order valence-electron chi connectivity index (χ2n) is 3.42. The van der Waals surface area contributed by atoms with Crippen LogP contribution in [-0.4, -0.2) is 34.9 Å². The minimum atomic E-state index is -0.541. The summed E-state index contributed by atoms with van der Waals surface area (Å²) in [5.41, 5.74) is 6.35. The minimum Gasteiger partial charge on any atom is -0.397 e. The van der Waals surface area contributed by atoms with Crippen molar-refractivity contribution >= 4 is 17.1 Å². The lowest BCUT2D eigenvalue weighted by Gasteiger charge is -2.11. The quantitative estimate of drug-likeness (QED) is 0.319. The number of benzene rings is 1. The van der Waals surface area contributed by atoms with Gasteiger partial charge in [-0.15, -0.1) is 0 Å². The number of nitrogens with two attached hydrogens (primary N) is 1. The predicted octanol–water partition coefficient (Wildman–Crippen LogP) is 0.116. The first-order chi connectivity index (χ1) is 8.11. The van der Waals surface area contributed by atoms with Crippen molar-refractivity contribution < 1.29 is 15.1 Å². The van der Waals surface area contributed by atoms with Crippen molar-refractivity contribution in [3.8, 4) is 0 Å². The number of nitro benzene ring substituents is 1. The van der Waals surface area contributed by atoms with Crippen molar-refractivity contribution in [3.63, 3.8) is 0 Å². The largest absolute Gasteiger partial charge is 0.397 e. The number of aliphatic hydroxyl groups excluding tert-OH is 2. The van der Waals surface area contributed by atoms with E-state index < -0.39 is 4.92 Å². The van der Waals surface area contributed by atoms with Gasteiger partial charge < -0.3 is 21.3 Å². The third-order valence-corrected chi connectivity index (χ3v) is 2.27. The molecule has 0 aromatic heterocycles. The molecular weight excluding hydrogens is 226 g/mol. The monoisotopic (exact) mass is 241 g/mol. The molecule has 0 aliphatic rings. The molecule has 0 saturated carbocycles. The van der Waals surface area contributed by atoms with Gasteiger partial charge in [0.2, 0.25) is 0 Å². The summed E-state index contributed by atoms with van der Waals surface area (Å²) >= 11 is 0. The van der Waals surface area contributed by atoms with Gasteiger partial charge in [-0.3, -0.25) is 10.1 Å². The van der Waals surface area contributed by atoms with Gasteiger partial charge in [0.15, 0.2) is 0 Å². The number of anilines is 2. The number of rotatable bonds is 6. The van der Waals surface area contributed by atoms with Crippen molar-refractivity contribution in [1.82, 2.24) is 0 Å². The Bertz CT molecular complexity index is 409. The summed E-state index contributed by atoms with van der Waals surface area (Å²) in [4.78, 5) is 10.5. The van der Waals surface area contributed by atoms with Crippen LogP contribution in [0.1, 0.15) is 5.56 Å². The van der Waals surface area contributed by atoms with Crippen LogP contribution in [0.3, 0.4) is 0 Å². The second kappa shape index (κ2) is 6.02. The molecule has 0 atom stereocenters. The Morgan fingerprint density at radius 2 is 2.06 bits per heavy atom. The summed E-state index contributed by atoms with van der Waals surface area (Å²) in [6.45, 7) is -0.154. The fourth-order valence-corrected chi connectivity index (χ4v) is 1.55. The average molecular weight is 241 g/mol. The smallest absolute Gasteiger partial charge is 0.297 e. The lowest BCUT2D eigenvalue weighted by atomic mass is 10.1. The highest BCUT2D eigenvalue weighted by Gasteiger charge is 2.21. The first kappa shape index (κ1) is 13.2. The summed E-state index contributed by atoms with van der Waals surface area (Å²) < 4.78 is 0. The Balaban J connectivity index is 3.22. The van der Waals surface area contributed by atoms with Crippen molar-refractivity contribution in [2.45, 2.75) is 6.42 Å². The van der Waals surface area contributed by atoms with Gasteiger partial charge >= 0.3 is 0 Å². The van der Waals surface area contributed by atoms with Crippen LogP contribution in [0.15, 0.2) is 12.1 Å². The Hall–Kier alpha value is -1.86. The van der Waals surface area contributed by atoms with Gasteiger partial charge in [-0.25, -0.2) is 0 Å². The maximum absolute atomic E-state index is 11.0. The fraction of sp³-hybridized carbons (Fsp3) is 0.400. The van der Waals surface area contributed by atoms with E-state index in [0.29, 0.717) is 5.56 Å². The summed E-state index contributed by atoms with van der Waals surface area (Å²) in [5.74, 6) is 0. The molecule has 0 spiro atoms. The van der Waals surface area contributed by atoms with E-state index in [1.807, 2.05) is 0 Å². The molecule has 0 saturated heterocycles. The zero-order chi connectivity index (χ0) is 12.8. The van der Waals surface area contributed by atoms with Gasteiger partial charge in [-0.1, -0.05) is 0 Å². The number of aliphatic hydroxyl groups is 2. The molecule has 0 fully saturated rings. The van der Waals surface area contributed by atoms with E-state index in [0.717, 1.165) is 0 Å². The van der Waals surface area contributed by atoms with Crippen LogP contribution in [0.25, 0.3) is 0 Å². The van der Waals surface area contributed by atoms with E-state index >= 15 is 0 Å².